The molecule has 0 bridgehead atoms. The number of carbonyl (C=O) groups is 2. The summed E-state index contributed by atoms with van der Waals surface area (Å²) in [5.74, 6) is -0.332. The topological polar surface area (TPSA) is 71.1 Å². The Morgan fingerprint density at radius 1 is 1.12 bits per heavy atom. The lowest BCUT2D eigenvalue weighted by Gasteiger charge is -2.32. The molecule has 3 heterocycles. The summed E-state index contributed by atoms with van der Waals surface area (Å²) in [6, 6.07) is 4.45. The second-order valence-electron chi connectivity index (χ2n) is 6.94. The smallest absolute Gasteiger partial charge is 0.427 e. The highest BCUT2D eigenvalue weighted by molar-refractivity contribution is 5.89. The van der Waals surface area contributed by atoms with Crippen LogP contribution in [0.1, 0.15) is 25.7 Å². The van der Waals surface area contributed by atoms with Crippen molar-refractivity contribution in [2.45, 2.75) is 37.9 Å². The van der Waals surface area contributed by atoms with Crippen LogP contribution < -0.4 is 10.2 Å². The first-order valence-electron chi connectivity index (χ1n) is 9.08. The van der Waals surface area contributed by atoms with E-state index in [-0.39, 0.29) is 24.5 Å². The van der Waals surface area contributed by atoms with E-state index in [9.17, 15) is 14.0 Å². The van der Waals surface area contributed by atoms with E-state index in [1.54, 1.807) is 17.0 Å². The maximum absolute atomic E-state index is 14.5. The minimum atomic E-state index is -0.683. The second-order valence-corrected chi connectivity index (χ2v) is 6.94. The van der Waals surface area contributed by atoms with Crippen molar-refractivity contribution >= 4 is 23.6 Å². The highest BCUT2D eigenvalue weighted by atomic mass is 19.1. The van der Waals surface area contributed by atoms with Gasteiger partial charge in [-0.05, 0) is 37.5 Å². The summed E-state index contributed by atoms with van der Waals surface area (Å²) in [6.07, 6.45) is 2.47. The first kappa shape index (κ1) is 16.9. The van der Waals surface area contributed by atoms with Gasteiger partial charge in [0.2, 0.25) is 0 Å². The van der Waals surface area contributed by atoms with Crippen molar-refractivity contribution in [2.75, 3.05) is 36.4 Å². The van der Waals surface area contributed by atoms with Gasteiger partial charge >= 0.3 is 12.2 Å². The number of urea groups is 1. The van der Waals surface area contributed by atoms with E-state index in [1.165, 1.54) is 12.5 Å². The van der Waals surface area contributed by atoms with Crippen LogP contribution >= 0.6 is 0 Å². The van der Waals surface area contributed by atoms with Crippen molar-refractivity contribution in [1.82, 2.24) is 4.90 Å². The van der Waals surface area contributed by atoms with Crippen LogP contribution in [-0.2, 0) is 9.47 Å². The fraction of sp³-hybridized carbons (Fsp3) is 0.556. The molecule has 3 saturated heterocycles. The van der Waals surface area contributed by atoms with Crippen LogP contribution in [-0.4, -0.2) is 55.5 Å². The Bertz CT molecular complexity index is 708. The van der Waals surface area contributed by atoms with Crippen LogP contribution in [0.4, 0.5) is 25.4 Å². The van der Waals surface area contributed by atoms with E-state index in [4.69, 9.17) is 9.47 Å². The maximum atomic E-state index is 14.5. The molecule has 0 spiro atoms. The molecule has 3 aliphatic heterocycles. The zero-order valence-electron chi connectivity index (χ0n) is 14.4. The van der Waals surface area contributed by atoms with Gasteiger partial charge in [0.05, 0.1) is 12.2 Å². The first-order valence-corrected chi connectivity index (χ1v) is 9.08. The Morgan fingerprint density at radius 3 is 2.65 bits per heavy atom. The van der Waals surface area contributed by atoms with E-state index in [2.05, 4.69) is 5.32 Å². The molecule has 2 atom stereocenters. The predicted molar refractivity (Wildman–Crippen MR) is 92.8 cm³/mol. The Labute approximate surface area is 151 Å². The molecule has 1 aromatic rings. The number of hydrogen-bond donors (Lipinski definition) is 1. The van der Waals surface area contributed by atoms with Gasteiger partial charge in [-0.3, -0.25) is 0 Å². The molecule has 140 valence electrons. The molecule has 8 heteroatoms. The number of halogens is 1. The van der Waals surface area contributed by atoms with Gasteiger partial charge < -0.3 is 24.6 Å². The summed E-state index contributed by atoms with van der Waals surface area (Å²) in [5, 5.41) is 2.72. The molecule has 2 unspecified atom stereocenters. The number of likely N-dealkylation sites (tertiary alicyclic amines) is 1. The highest BCUT2D eigenvalue weighted by Crippen LogP contribution is 2.27. The molecule has 1 N–H and O–H groups in total. The zero-order valence-corrected chi connectivity index (χ0v) is 14.4. The molecule has 0 saturated carbocycles. The van der Waals surface area contributed by atoms with Gasteiger partial charge in [0.1, 0.15) is 11.9 Å². The lowest BCUT2D eigenvalue weighted by atomic mass is 10.1. The number of nitrogens with zero attached hydrogens (tertiary/aromatic N) is 2. The minimum Gasteiger partial charge on any atom is -0.427 e. The predicted octanol–water partition coefficient (Wildman–Crippen LogP) is 2.96. The molecular weight excluding hydrogens is 341 g/mol. The number of amides is 2. The van der Waals surface area contributed by atoms with Crippen LogP contribution in [0.15, 0.2) is 18.2 Å². The molecule has 3 aliphatic rings. The third-order valence-electron chi connectivity index (χ3n) is 5.18. The second kappa shape index (κ2) is 7.01. The SMILES string of the molecule is O=C1OC2CCN(C(=O)Nc3ccc(N4CCCCC4)c(F)c3)CC2O1. The van der Waals surface area contributed by atoms with E-state index in [1.807, 2.05) is 4.90 Å². The van der Waals surface area contributed by atoms with Crippen molar-refractivity contribution in [1.29, 1.82) is 0 Å². The molecule has 0 aromatic heterocycles. The van der Waals surface area contributed by atoms with Crippen molar-refractivity contribution in [2.24, 2.45) is 0 Å². The van der Waals surface area contributed by atoms with E-state index in [0.717, 1.165) is 25.9 Å². The third kappa shape index (κ3) is 3.40. The van der Waals surface area contributed by atoms with Crippen LogP contribution in [0, 0.1) is 5.82 Å². The number of anilines is 2. The molecule has 3 fully saturated rings. The van der Waals surface area contributed by atoms with Gasteiger partial charge in [-0.25, -0.2) is 14.0 Å². The highest BCUT2D eigenvalue weighted by Gasteiger charge is 2.42. The Morgan fingerprint density at radius 2 is 1.88 bits per heavy atom. The fourth-order valence-electron chi connectivity index (χ4n) is 3.78. The van der Waals surface area contributed by atoms with Gasteiger partial charge in [-0.2, -0.15) is 0 Å². The summed E-state index contributed by atoms with van der Waals surface area (Å²) in [5.41, 5.74) is 0.994. The lowest BCUT2D eigenvalue weighted by Crippen LogP contribution is -2.49. The Balaban J connectivity index is 1.38. The van der Waals surface area contributed by atoms with Crippen molar-refractivity contribution < 1.29 is 23.5 Å². The summed E-state index contributed by atoms with van der Waals surface area (Å²) >= 11 is 0. The molecule has 7 nitrogen and oxygen atoms in total. The Kier molecular flexibility index (Phi) is 4.57. The largest absolute Gasteiger partial charge is 0.509 e. The molecule has 2 amide bonds. The number of ether oxygens (including phenoxy) is 2. The normalized spacial score (nSPS) is 25.3. The maximum Gasteiger partial charge on any atom is 0.509 e. The molecule has 26 heavy (non-hydrogen) atoms. The number of hydrogen-bond acceptors (Lipinski definition) is 5. The average Bonchev–Trinajstić information content (AvgIpc) is 3.01. The van der Waals surface area contributed by atoms with Crippen LogP contribution in [0.2, 0.25) is 0 Å². The van der Waals surface area contributed by atoms with Gasteiger partial charge in [-0.1, -0.05) is 0 Å². The van der Waals surface area contributed by atoms with Gasteiger partial charge in [0.15, 0.2) is 6.10 Å². The van der Waals surface area contributed by atoms with Crippen molar-refractivity contribution in [3.63, 3.8) is 0 Å². The van der Waals surface area contributed by atoms with Crippen molar-refractivity contribution in [3.05, 3.63) is 24.0 Å². The number of fused-ring (bicyclic) bond motifs is 1. The number of nitrogens with one attached hydrogen (secondary N) is 1. The quantitative estimate of drug-likeness (QED) is 0.818. The lowest BCUT2D eigenvalue weighted by molar-refractivity contribution is 0.0708. The average molecular weight is 363 g/mol. The number of carbonyl (C=O) groups excluding carboxylic acids is 2. The Hall–Kier alpha value is -2.51. The van der Waals surface area contributed by atoms with Crippen LogP contribution in [0.5, 0.6) is 0 Å². The zero-order chi connectivity index (χ0) is 18.1. The first-order chi connectivity index (χ1) is 12.6. The number of benzene rings is 1. The molecule has 0 aliphatic carbocycles. The number of piperidine rings is 2. The fourth-order valence-corrected chi connectivity index (χ4v) is 3.78. The summed E-state index contributed by atoms with van der Waals surface area (Å²) in [6.45, 7) is 2.45. The third-order valence-corrected chi connectivity index (χ3v) is 5.18. The number of rotatable bonds is 2. The molecule has 4 rings (SSSR count). The van der Waals surface area contributed by atoms with Gasteiger partial charge in [0, 0.05) is 31.7 Å². The van der Waals surface area contributed by atoms with Crippen LogP contribution in [0.25, 0.3) is 0 Å². The summed E-state index contributed by atoms with van der Waals surface area (Å²) < 4.78 is 24.5. The summed E-state index contributed by atoms with van der Waals surface area (Å²) in [7, 11) is 0. The van der Waals surface area contributed by atoms with Gasteiger partial charge in [0.25, 0.3) is 0 Å². The minimum absolute atomic E-state index is 0.274. The molecule has 1 aromatic carbocycles. The van der Waals surface area contributed by atoms with Crippen LogP contribution in [0.3, 0.4) is 0 Å². The molecule has 0 radical (unpaired) electrons. The van der Waals surface area contributed by atoms with E-state index < -0.39 is 12.3 Å². The van der Waals surface area contributed by atoms with E-state index >= 15 is 0 Å². The van der Waals surface area contributed by atoms with Crippen molar-refractivity contribution in [3.8, 4) is 0 Å². The van der Waals surface area contributed by atoms with Gasteiger partial charge in [-0.15, -0.1) is 0 Å². The molecular formula is C18H22FN3O4. The van der Waals surface area contributed by atoms with E-state index in [0.29, 0.717) is 24.3 Å². The monoisotopic (exact) mass is 363 g/mol. The summed E-state index contributed by atoms with van der Waals surface area (Å²) in [4.78, 5) is 27.2. The standard InChI is InChI=1S/C18H22FN3O4/c19-13-10-12(4-5-14(13)21-7-2-1-3-8-21)20-17(23)22-9-6-15-16(11-22)26-18(24)25-15/h4-5,10,15-16H,1-3,6-9,11H2,(H,20,23).